The van der Waals surface area contributed by atoms with Crippen LogP contribution in [-0.4, -0.2) is 9.97 Å². The summed E-state index contributed by atoms with van der Waals surface area (Å²) < 4.78 is 2.16. The van der Waals surface area contributed by atoms with Crippen LogP contribution in [0, 0.1) is 0 Å². The molecule has 2 aromatic heterocycles. The minimum atomic E-state index is 1.08. The highest BCUT2D eigenvalue weighted by Gasteiger charge is 2.07. The zero-order chi connectivity index (χ0) is 13.7. The average Bonchev–Trinajstić information content (AvgIpc) is 3.00. The topological polar surface area (TPSA) is 31.6 Å². The molecule has 0 aliphatic carbocycles. The highest BCUT2D eigenvalue weighted by atomic mass is 79.9. The van der Waals surface area contributed by atoms with Crippen molar-refractivity contribution in [3.05, 3.63) is 57.5 Å². The molecule has 0 bridgehead atoms. The number of benzene rings is 2. The van der Waals surface area contributed by atoms with Crippen LogP contribution in [0.15, 0.2) is 57.5 Å². The molecule has 0 saturated heterocycles. The fourth-order valence-corrected chi connectivity index (χ4v) is 3.21. The Bertz CT molecular complexity index is 856. The molecule has 2 heterocycles. The van der Waals surface area contributed by atoms with Gasteiger partial charge >= 0.3 is 0 Å². The Morgan fingerprint density at radius 3 is 1.50 bits per heavy atom. The number of rotatable bonds is 1. The van der Waals surface area contributed by atoms with Crippen molar-refractivity contribution < 1.29 is 0 Å². The number of hydrogen-bond donors (Lipinski definition) is 2. The zero-order valence-electron chi connectivity index (χ0n) is 10.4. The van der Waals surface area contributed by atoms with E-state index in [4.69, 9.17) is 0 Å². The van der Waals surface area contributed by atoms with Gasteiger partial charge in [0.25, 0.3) is 0 Å². The van der Waals surface area contributed by atoms with Crippen molar-refractivity contribution in [1.29, 1.82) is 0 Å². The highest BCUT2D eigenvalue weighted by molar-refractivity contribution is 9.10. The van der Waals surface area contributed by atoms with E-state index < -0.39 is 0 Å². The van der Waals surface area contributed by atoms with Crippen LogP contribution in [0.5, 0.6) is 0 Å². The molecule has 0 aliphatic heterocycles. The van der Waals surface area contributed by atoms with E-state index >= 15 is 0 Å². The Labute approximate surface area is 132 Å². The van der Waals surface area contributed by atoms with Gasteiger partial charge in [0.05, 0.1) is 11.4 Å². The fraction of sp³-hybridized carbons (Fsp3) is 0. The van der Waals surface area contributed by atoms with Crippen LogP contribution >= 0.6 is 31.9 Å². The molecular formula is C16H10Br2N2. The number of hydrogen-bond acceptors (Lipinski definition) is 0. The third-order valence-corrected chi connectivity index (χ3v) is 4.45. The number of nitrogens with one attached hydrogen (secondary N) is 2. The van der Waals surface area contributed by atoms with Crippen molar-refractivity contribution in [1.82, 2.24) is 9.97 Å². The molecule has 4 heteroatoms. The van der Waals surface area contributed by atoms with Gasteiger partial charge < -0.3 is 9.97 Å². The number of halogens is 2. The van der Waals surface area contributed by atoms with Gasteiger partial charge in [-0.25, -0.2) is 0 Å². The van der Waals surface area contributed by atoms with Crippen LogP contribution in [0.3, 0.4) is 0 Å². The van der Waals surface area contributed by atoms with Crippen LogP contribution in [0.2, 0.25) is 0 Å². The first-order valence-electron chi connectivity index (χ1n) is 6.26. The summed E-state index contributed by atoms with van der Waals surface area (Å²) in [6, 6.07) is 16.9. The Hall–Kier alpha value is -1.52. The van der Waals surface area contributed by atoms with Gasteiger partial charge in [-0.05, 0) is 36.4 Å². The molecule has 20 heavy (non-hydrogen) atoms. The van der Waals surface area contributed by atoms with Gasteiger partial charge in [0.1, 0.15) is 0 Å². The van der Waals surface area contributed by atoms with Crippen LogP contribution in [0.25, 0.3) is 33.2 Å². The van der Waals surface area contributed by atoms with Crippen molar-refractivity contribution >= 4 is 53.7 Å². The van der Waals surface area contributed by atoms with Gasteiger partial charge in [-0.15, -0.1) is 0 Å². The van der Waals surface area contributed by atoms with Crippen molar-refractivity contribution in [3.8, 4) is 11.4 Å². The molecule has 0 unspecified atom stereocenters. The minimum Gasteiger partial charge on any atom is -0.353 e. The summed E-state index contributed by atoms with van der Waals surface area (Å²) in [7, 11) is 0. The molecular weight excluding hydrogens is 380 g/mol. The Morgan fingerprint density at radius 1 is 0.600 bits per heavy atom. The third-order valence-electron chi connectivity index (χ3n) is 3.46. The van der Waals surface area contributed by atoms with E-state index in [-0.39, 0.29) is 0 Å². The second kappa shape index (κ2) is 4.50. The number of H-pyrrole nitrogens is 2. The Morgan fingerprint density at radius 2 is 1.05 bits per heavy atom. The second-order valence-corrected chi connectivity index (χ2v) is 6.66. The summed E-state index contributed by atoms with van der Waals surface area (Å²) in [6.07, 6.45) is 0. The van der Waals surface area contributed by atoms with E-state index in [0.29, 0.717) is 0 Å². The third kappa shape index (κ3) is 2.00. The van der Waals surface area contributed by atoms with Gasteiger partial charge in [-0.2, -0.15) is 0 Å². The molecule has 0 fully saturated rings. The first kappa shape index (κ1) is 12.2. The standard InChI is InChI=1S/C16H10Br2N2/c17-11-3-1-9-5-15(19-13(9)7-11)16-6-10-2-4-12(18)8-14(10)20-16/h1-8,19-20H. The summed E-state index contributed by atoms with van der Waals surface area (Å²) in [5.74, 6) is 0. The van der Waals surface area contributed by atoms with Gasteiger partial charge in [-0.1, -0.05) is 44.0 Å². The Kier molecular flexibility index (Phi) is 2.75. The average molecular weight is 390 g/mol. The lowest BCUT2D eigenvalue weighted by molar-refractivity contribution is 1.38. The van der Waals surface area contributed by atoms with Crippen molar-refractivity contribution in [2.75, 3.05) is 0 Å². The number of aromatic nitrogens is 2. The largest absolute Gasteiger partial charge is 0.353 e. The van der Waals surface area contributed by atoms with E-state index in [0.717, 1.165) is 31.4 Å². The van der Waals surface area contributed by atoms with E-state index in [1.165, 1.54) is 10.8 Å². The first-order valence-corrected chi connectivity index (χ1v) is 7.84. The monoisotopic (exact) mass is 388 g/mol. The maximum absolute atomic E-state index is 3.50. The van der Waals surface area contributed by atoms with Crippen LogP contribution in [-0.2, 0) is 0 Å². The van der Waals surface area contributed by atoms with Crippen molar-refractivity contribution in [3.63, 3.8) is 0 Å². The molecule has 0 saturated carbocycles. The molecule has 4 rings (SSSR count). The van der Waals surface area contributed by atoms with Gasteiger partial charge in [0.2, 0.25) is 0 Å². The maximum Gasteiger partial charge on any atom is 0.0630 e. The predicted octanol–water partition coefficient (Wildman–Crippen LogP) is 5.84. The molecule has 2 N–H and O–H groups in total. The maximum atomic E-state index is 3.50. The quantitative estimate of drug-likeness (QED) is 0.409. The van der Waals surface area contributed by atoms with Gasteiger partial charge in [0.15, 0.2) is 0 Å². The fourth-order valence-electron chi connectivity index (χ4n) is 2.49. The predicted molar refractivity (Wildman–Crippen MR) is 91.0 cm³/mol. The van der Waals surface area contributed by atoms with E-state index in [1.54, 1.807) is 0 Å². The summed E-state index contributed by atoms with van der Waals surface area (Å²) in [6.45, 7) is 0. The molecule has 4 aromatic rings. The summed E-state index contributed by atoms with van der Waals surface area (Å²) in [5, 5.41) is 2.42. The molecule has 0 radical (unpaired) electrons. The normalized spacial score (nSPS) is 11.5. The van der Waals surface area contributed by atoms with Gasteiger partial charge in [0, 0.05) is 30.8 Å². The molecule has 98 valence electrons. The molecule has 0 spiro atoms. The molecule has 0 aliphatic rings. The van der Waals surface area contributed by atoms with E-state index in [9.17, 15) is 0 Å². The van der Waals surface area contributed by atoms with E-state index in [1.807, 2.05) is 0 Å². The van der Waals surface area contributed by atoms with Crippen LogP contribution in [0.1, 0.15) is 0 Å². The summed E-state index contributed by atoms with van der Waals surface area (Å²) >= 11 is 7.00. The lowest BCUT2D eigenvalue weighted by atomic mass is 10.2. The Balaban J connectivity index is 1.91. The number of fused-ring (bicyclic) bond motifs is 2. The second-order valence-electron chi connectivity index (χ2n) is 4.83. The van der Waals surface area contributed by atoms with E-state index in [2.05, 4.69) is 90.4 Å². The smallest absolute Gasteiger partial charge is 0.0630 e. The lowest BCUT2D eigenvalue weighted by Crippen LogP contribution is -1.75. The number of aromatic amines is 2. The summed E-state index contributed by atoms with van der Waals surface area (Å²) in [5.41, 5.74) is 4.47. The molecule has 0 amide bonds. The molecule has 2 aromatic carbocycles. The summed E-state index contributed by atoms with van der Waals surface area (Å²) in [4.78, 5) is 6.91. The first-order chi connectivity index (χ1) is 9.69. The highest BCUT2D eigenvalue weighted by Crippen LogP contribution is 2.29. The van der Waals surface area contributed by atoms with Gasteiger partial charge in [-0.3, -0.25) is 0 Å². The molecule has 2 nitrogen and oxygen atoms in total. The molecule has 0 atom stereocenters. The minimum absolute atomic E-state index is 1.08. The lowest BCUT2D eigenvalue weighted by Gasteiger charge is -1.92. The van der Waals surface area contributed by atoms with Crippen LogP contribution < -0.4 is 0 Å². The van der Waals surface area contributed by atoms with Crippen LogP contribution in [0.4, 0.5) is 0 Å². The SMILES string of the molecule is Brc1ccc2cc(-c3cc4ccc(Br)cc4[nH]3)[nH]c2c1. The zero-order valence-corrected chi connectivity index (χ0v) is 13.5. The van der Waals surface area contributed by atoms with Crippen molar-refractivity contribution in [2.45, 2.75) is 0 Å². The van der Waals surface area contributed by atoms with Crippen molar-refractivity contribution in [2.24, 2.45) is 0 Å².